The van der Waals surface area contributed by atoms with E-state index < -0.39 is 10.4 Å². The summed E-state index contributed by atoms with van der Waals surface area (Å²) in [6.45, 7) is 9.78. The van der Waals surface area contributed by atoms with E-state index in [1.807, 2.05) is 9.48 Å². The van der Waals surface area contributed by atoms with Gasteiger partial charge in [0.05, 0.1) is 23.5 Å². The van der Waals surface area contributed by atoms with E-state index in [-0.39, 0.29) is 6.61 Å². The first kappa shape index (κ1) is 22.9. The summed E-state index contributed by atoms with van der Waals surface area (Å²) in [7, 11) is -4.42. The minimum Gasteiger partial charge on any atom is -0.726 e. The maximum atomic E-state index is 9.45. The van der Waals surface area contributed by atoms with Crippen LogP contribution in [0.2, 0.25) is 0 Å². The fraction of sp³-hybridized carbons (Fsp3) is 0.933. The molecule has 0 fully saturated rings. The SMILES string of the molecule is CCCCCCc1nn(CCCC)n[n+]1CC.CCOS(=O)(=O)[O-]. The molecule has 0 aromatic carbocycles. The van der Waals surface area contributed by atoms with Crippen LogP contribution in [0, 0.1) is 0 Å². The van der Waals surface area contributed by atoms with Crippen LogP contribution in [0.5, 0.6) is 0 Å². The Morgan fingerprint density at radius 2 is 1.75 bits per heavy atom. The van der Waals surface area contributed by atoms with Crippen molar-refractivity contribution in [3.63, 3.8) is 0 Å². The monoisotopic (exact) mass is 364 g/mol. The van der Waals surface area contributed by atoms with Crippen LogP contribution in [0.25, 0.3) is 0 Å². The van der Waals surface area contributed by atoms with Gasteiger partial charge in [0.2, 0.25) is 10.4 Å². The highest BCUT2D eigenvalue weighted by Crippen LogP contribution is 2.02. The van der Waals surface area contributed by atoms with Gasteiger partial charge in [-0.15, -0.1) is 4.68 Å². The maximum absolute atomic E-state index is 9.45. The number of tetrazole rings is 1. The third-order valence-electron chi connectivity index (χ3n) is 3.27. The molecule has 1 aromatic rings. The molecule has 0 unspecified atom stereocenters. The lowest BCUT2D eigenvalue weighted by molar-refractivity contribution is -0.759. The second kappa shape index (κ2) is 13.3. The summed E-state index contributed by atoms with van der Waals surface area (Å²) in [5.74, 6) is 1.15. The van der Waals surface area contributed by atoms with E-state index in [0.717, 1.165) is 31.8 Å². The zero-order valence-electron chi connectivity index (χ0n) is 15.4. The van der Waals surface area contributed by atoms with Gasteiger partial charge < -0.3 is 4.55 Å². The number of aromatic nitrogens is 4. The van der Waals surface area contributed by atoms with Crippen molar-refractivity contribution in [2.24, 2.45) is 0 Å². The van der Waals surface area contributed by atoms with Gasteiger partial charge in [-0.25, -0.2) is 8.42 Å². The Hall–Kier alpha value is -1.06. The zero-order chi connectivity index (χ0) is 18.4. The Morgan fingerprint density at radius 1 is 1.08 bits per heavy atom. The molecule has 0 radical (unpaired) electrons. The molecule has 0 aliphatic heterocycles. The molecule has 0 atom stereocenters. The summed E-state index contributed by atoms with van der Waals surface area (Å²) in [6.07, 6.45) is 8.59. The molecule has 0 N–H and O–H groups in total. The number of unbranched alkanes of at least 4 members (excludes halogenated alkanes) is 4. The summed E-state index contributed by atoms with van der Waals surface area (Å²) in [5.41, 5.74) is 0. The van der Waals surface area contributed by atoms with Gasteiger partial charge in [0.25, 0.3) is 5.82 Å². The third-order valence-corrected chi connectivity index (χ3v) is 3.79. The van der Waals surface area contributed by atoms with Crippen LogP contribution < -0.4 is 4.68 Å². The van der Waals surface area contributed by atoms with Crippen molar-refractivity contribution < 1.29 is 21.8 Å². The van der Waals surface area contributed by atoms with Gasteiger partial charge in [-0.05, 0) is 31.5 Å². The van der Waals surface area contributed by atoms with Gasteiger partial charge in [-0.1, -0.05) is 39.5 Å². The van der Waals surface area contributed by atoms with E-state index in [1.54, 1.807) is 0 Å². The minimum atomic E-state index is -4.42. The first-order valence-corrected chi connectivity index (χ1v) is 10.2. The molecule has 0 amide bonds. The summed E-state index contributed by atoms with van der Waals surface area (Å²) in [6, 6.07) is 0. The lowest BCUT2D eigenvalue weighted by Crippen LogP contribution is -2.39. The number of hydrogen-bond acceptors (Lipinski definition) is 6. The highest BCUT2D eigenvalue weighted by atomic mass is 32.3. The van der Waals surface area contributed by atoms with Crippen LogP contribution >= 0.6 is 0 Å². The van der Waals surface area contributed by atoms with Crippen LogP contribution in [-0.4, -0.2) is 34.7 Å². The van der Waals surface area contributed by atoms with Crippen LogP contribution in [0.3, 0.4) is 0 Å². The Morgan fingerprint density at radius 3 is 2.21 bits per heavy atom. The minimum absolute atomic E-state index is 0.0914. The molecule has 1 heterocycles. The smallest absolute Gasteiger partial charge is 0.298 e. The summed E-state index contributed by atoms with van der Waals surface area (Å²) >= 11 is 0. The van der Waals surface area contributed by atoms with Crippen molar-refractivity contribution in [3.8, 4) is 0 Å². The normalized spacial score (nSPS) is 11.2. The van der Waals surface area contributed by atoms with Gasteiger partial charge in [0.15, 0.2) is 0 Å². The molecule has 0 saturated heterocycles. The summed E-state index contributed by atoms with van der Waals surface area (Å²) in [4.78, 5) is 1.86. The van der Waals surface area contributed by atoms with Gasteiger partial charge in [0.1, 0.15) is 6.54 Å². The maximum Gasteiger partial charge on any atom is 0.298 e. The number of nitrogens with zero attached hydrogens (tertiary/aromatic N) is 4. The Kier molecular flexibility index (Phi) is 12.7. The topological polar surface area (TPSA) is 101 Å². The van der Waals surface area contributed by atoms with Crippen LogP contribution in [0.15, 0.2) is 0 Å². The van der Waals surface area contributed by atoms with Crippen LogP contribution in [0.1, 0.15) is 72.0 Å². The molecule has 0 saturated carbocycles. The van der Waals surface area contributed by atoms with Gasteiger partial charge in [-0.2, -0.15) is 0 Å². The van der Waals surface area contributed by atoms with E-state index in [4.69, 9.17) is 0 Å². The number of hydrogen-bond donors (Lipinski definition) is 0. The molecule has 0 aliphatic carbocycles. The van der Waals surface area contributed by atoms with Crippen molar-refractivity contribution in [2.75, 3.05) is 6.61 Å². The largest absolute Gasteiger partial charge is 0.726 e. The molecule has 1 rings (SSSR count). The Balaban J connectivity index is 0.000000640. The van der Waals surface area contributed by atoms with Crippen molar-refractivity contribution in [2.45, 2.75) is 85.7 Å². The Bertz CT molecular complexity index is 532. The Labute approximate surface area is 146 Å². The fourth-order valence-corrected chi connectivity index (χ4v) is 2.34. The number of aryl methyl sites for hydroxylation is 3. The van der Waals surface area contributed by atoms with E-state index in [1.165, 1.54) is 39.0 Å². The van der Waals surface area contributed by atoms with E-state index in [9.17, 15) is 13.0 Å². The van der Waals surface area contributed by atoms with Crippen molar-refractivity contribution in [1.82, 2.24) is 15.1 Å². The third kappa shape index (κ3) is 11.5. The number of rotatable bonds is 11. The second-order valence-electron chi connectivity index (χ2n) is 5.40. The molecule has 0 spiro atoms. The molecule has 1 aromatic heterocycles. The molecule has 8 nitrogen and oxygen atoms in total. The molecule has 24 heavy (non-hydrogen) atoms. The zero-order valence-corrected chi connectivity index (χ0v) is 16.2. The molecular formula is C15H32N4O4S. The fourth-order valence-electron chi connectivity index (χ4n) is 2.05. The van der Waals surface area contributed by atoms with E-state index in [2.05, 4.69) is 35.3 Å². The standard InChI is InChI=1S/C13H27N4.C2H6O4S/c1-4-7-9-10-11-13-14-17(12-8-5-2)15-16(13)6-3;1-2-6-7(3,4)5/h4-12H2,1-3H3;2H2,1H3,(H,3,4,5)/q+1;/p-1. The van der Waals surface area contributed by atoms with E-state index in [0.29, 0.717) is 0 Å². The quantitative estimate of drug-likeness (QED) is 0.258. The molecule has 0 aliphatic rings. The average Bonchev–Trinajstić information content (AvgIpc) is 2.91. The predicted octanol–water partition coefficient (Wildman–Crippen LogP) is 1.99. The predicted molar refractivity (Wildman–Crippen MR) is 90.0 cm³/mol. The molecule has 9 heteroatoms. The first-order chi connectivity index (χ1) is 11.4. The average molecular weight is 365 g/mol. The highest BCUT2D eigenvalue weighted by Gasteiger charge is 2.16. The second-order valence-corrected chi connectivity index (χ2v) is 6.45. The summed E-state index contributed by atoms with van der Waals surface area (Å²) < 4.78 is 34.0. The van der Waals surface area contributed by atoms with Crippen LogP contribution in [-0.2, 0) is 34.1 Å². The van der Waals surface area contributed by atoms with Crippen LogP contribution in [0.4, 0.5) is 0 Å². The van der Waals surface area contributed by atoms with Crippen molar-refractivity contribution in [1.29, 1.82) is 0 Å². The van der Waals surface area contributed by atoms with E-state index >= 15 is 0 Å². The molecule has 142 valence electrons. The van der Waals surface area contributed by atoms with Crippen molar-refractivity contribution in [3.05, 3.63) is 5.82 Å². The molecule has 0 bridgehead atoms. The summed E-state index contributed by atoms with van der Waals surface area (Å²) in [5, 5.41) is 9.07. The molecular weight excluding hydrogens is 332 g/mol. The van der Waals surface area contributed by atoms with Gasteiger partial charge >= 0.3 is 0 Å². The lowest BCUT2D eigenvalue weighted by Gasteiger charge is -2.02. The van der Waals surface area contributed by atoms with Gasteiger partial charge in [0, 0.05) is 6.42 Å². The lowest BCUT2D eigenvalue weighted by atomic mass is 10.1. The first-order valence-electron chi connectivity index (χ1n) is 8.82. The van der Waals surface area contributed by atoms with Gasteiger partial charge in [-0.3, -0.25) is 4.18 Å². The van der Waals surface area contributed by atoms with Crippen molar-refractivity contribution >= 4 is 10.4 Å². The highest BCUT2D eigenvalue weighted by molar-refractivity contribution is 7.80.